The van der Waals surface area contributed by atoms with E-state index < -0.39 is 30.6 Å². The highest BCUT2D eigenvalue weighted by Crippen LogP contribution is 2.38. The summed E-state index contributed by atoms with van der Waals surface area (Å²) in [6.07, 6.45) is -2.12. The predicted molar refractivity (Wildman–Crippen MR) is 104 cm³/mol. The van der Waals surface area contributed by atoms with Crippen LogP contribution in [-0.2, 0) is 9.53 Å². The summed E-state index contributed by atoms with van der Waals surface area (Å²) >= 11 is 5.88. The Kier molecular flexibility index (Phi) is 5.48. The van der Waals surface area contributed by atoms with Crippen molar-refractivity contribution in [2.75, 3.05) is 11.9 Å². The monoisotopic (exact) mass is 418 g/mol. The van der Waals surface area contributed by atoms with Crippen LogP contribution in [0.15, 0.2) is 42.9 Å². The van der Waals surface area contributed by atoms with Crippen LogP contribution in [0.5, 0.6) is 0 Å². The molecule has 3 heterocycles. The topological polar surface area (TPSA) is 130 Å². The quantitative estimate of drug-likeness (QED) is 0.437. The number of aldehydes is 1. The molecule has 10 heteroatoms. The molecule has 2 aromatic heterocycles. The van der Waals surface area contributed by atoms with Crippen LogP contribution in [0.1, 0.15) is 17.9 Å². The van der Waals surface area contributed by atoms with Gasteiger partial charge in [0.05, 0.1) is 11.9 Å². The smallest absolute Gasteiger partial charge is 0.164 e. The van der Waals surface area contributed by atoms with Gasteiger partial charge >= 0.3 is 0 Å². The molecule has 0 saturated carbocycles. The lowest BCUT2D eigenvalue weighted by molar-refractivity contribution is -0.106. The molecule has 29 heavy (non-hydrogen) atoms. The number of aliphatic hydroxyl groups is 3. The Bertz CT molecular complexity index is 1010. The van der Waals surface area contributed by atoms with Crippen LogP contribution in [0.25, 0.3) is 11.0 Å². The number of nitrogens with zero attached hydrogens (tertiary/aromatic N) is 3. The van der Waals surface area contributed by atoms with Gasteiger partial charge in [-0.1, -0.05) is 23.7 Å². The lowest BCUT2D eigenvalue weighted by Gasteiger charge is -2.21. The third-order valence-electron chi connectivity index (χ3n) is 4.93. The Morgan fingerprint density at radius 1 is 1.21 bits per heavy atom. The summed E-state index contributed by atoms with van der Waals surface area (Å²) in [6, 6.07) is 8.23. The maximum absolute atomic E-state index is 10.7. The third-order valence-corrected chi connectivity index (χ3v) is 5.19. The summed E-state index contributed by atoms with van der Waals surface area (Å²) in [6.45, 7) is 0.0912. The number of aromatic nitrogens is 3. The lowest BCUT2D eigenvalue weighted by atomic mass is 9.99. The summed E-state index contributed by atoms with van der Waals surface area (Å²) < 4.78 is 7.41. The molecule has 9 nitrogen and oxygen atoms in total. The van der Waals surface area contributed by atoms with Gasteiger partial charge in [0.2, 0.25) is 0 Å². The predicted octanol–water partition coefficient (Wildman–Crippen LogP) is 1.05. The van der Waals surface area contributed by atoms with Crippen LogP contribution in [0, 0.1) is 0 Å². The molecule has 1 saturated heterocycles. The van der Waals surface area contributed by atoms with E-state index in [1.54, 1.807) is 41.1 Å². The van der Waals surface area contributed by atoms with E-state index in [4.69, 9.17) is 16.3 Å². The van der Waals surface area contributed by atoms with E-state index >= 15 is 0 Å². The molecule has 1 fully saturated rings. The lowest BCUT2D eigenvalue weighted by Crippen LogP contribution is -2.34. The second kappa shape index (κ2) is 8.05. The van der Waals surface area contributed by atoms with E-state index in [1.165, 1.54) is 6.33 Å². The van der Waals surface area contributed by atoms with Crippen LogP contribution in [0.4, 0.5) is 5.82 Å². The summed E-state index contributed by atoms with van der Waals surface area (Å²) in [5.74, 6) is 0.464. The fourth-order valence-corrected chi connectivity index (χ4v) is 3.61. The summed E-state index contributed by atoms with van der Waals surface area (Å²) in [5, 5.41) is 35.7. The van der Waals surface area contributed by atoms with Crippen molar-refractivity contribution in [3.63, 3.8) is 0 Å². The second-order valence-electron chi connectivity index (χ2n) is 6.70. The van der Waals surface area contributed by atoms with E-state index in [2.05, 4.69) is 15.3 Å². The van der Waals surface area contributed by atoms with Crippen LogP contribution >= 0.6 is 11.6 Å². The first kappa shape index (κ1) is 19.7. The molecular weight excluding hydrogens is 400 g/mol. The molecule has 152 valence electrons. The van der Waals surface area contributed by atoms with Gasteiger partial charge in [-0.3, -0.25) is 0 Å². The molecule has 0 bridgehead atoms. The average molecular weight is 419 g/mol. The number of fused-ring (bicyclic) bond motifs is 1. The van der Waals surface area contributed by atoms with Crippen molar-refractivity contribution in [3.8, 4) is 0 Å². The fourth-order valence-electron chi connectivity index (χ4n) is 3.48. The van der Waals surface area contributed by atoms with Crippen LogP contribution < -0.4 is 5.32 Å². The van der Waals surface area contributed by atoms with Gasteiger partial charge < -0.3 is 34.7 Å². The molecule has 4 rings (SSSR count). The maximum Gasteiger partial charge on any atom is 0.164 e. The zero-order valence-corrected chi connectivity index (χ0v) is 15.8. The highest BCUT2D eigenvalue weighted by Gasteiger charge is 2.47. The van der Waals surface area contributed by atoms with E-state index in [-0.39, 0.29) is 6.54 Å². The zero-order valence-electron chi connectivity index (χ0n) is 15.1. The summed E-state index contributed by atoms with van der Waals surface area (Å²) in [5.41, 5.74) is 0.956. The van der Waals surface area contributed by atoms with Crippen molar-refractivity contribution in [1.29, 1.82) is 0 Å². The number of carbonyl (C=O) groups excluding carboxylic acids is 1. The Balaban J connectivity index is 1.62. The number of benzene rings is 1. The van der Waals surface area contributed by atoms with Crippen molar-refractivity contribution < 1.29 is 24.9 Å². The third kappa shape index (κ3) is 3.59. The van der Waals surface area contributed by atoms with Gasteiger partial charge in [0.15, 0.2) is 6.23 Å². The molecule has 0 radical (unpaired) electrons. The van der Waals surface area contributed by atoms with Crippen LogP contribution in [-0.4, -0.2) is 61.0 Å². The second-order valence-corrected chi connectivity index (χ2v) is 7.14. The molecule has 0 aliphatic carbocycles. The molecule has 0 unspecified atom stereocenters. The minimum Gasteiger partial charge on any atom is -0.387 e. The molecule has 5 atom stereocenters. The van der Waals surface area contributed by atoms with Gasteiger partial charge in [0.25, 0.3) is 0 Å². The number of aliphatic hydroxyl groups excluding tert-OH is 3. The highest BCUT2D eigenvalue weighted by molar-refractivity contribution is 6.30. The molecule has 1 aliphatic rings. The van der Waals surface area contributed by atoms with Crippen molar-refractivity contribution in [3.05, 3.63) is 53.4 Å². The maximum atomic E-state index is 10.7. The molecule has 0 spiro atoms. The fraction of sp³-hybridized carbons (Fsp3) is 0.316. The minimum atomic E-state index is -1.32. The van der Waals surface area contributed by atoms with Crippen molar-refractivity contribution >= 4 is 34.7 Å². The Morgan fingerprint density at radius 2 is 1.97 bits per heavy atom. The zero-order chi connectivity index (χ0) is 20.5. The number of nitrogens with one attached hydrogen (secondary N) is 1. The van der Waals surface area contributed by atoms with Crippen LogP contribution in [0.3, 0.4) is 0 Å². The normalized spacial score (nSPS) is 25.2. The molecule has 4 N–H and O–H groups in total. The van der Waals surface area contributed by atoms with Crippen LogP contribution in [0.2, 0.25) is 5.02 Å². The number of carbonyl (C=O) groups is 1. The SMILES string of the molecule is O=CCNc1ncnc2c1ccn2[C@@H]1O[C@H]([C@H](O)c2ccc(Cl)cc2)[C@@H](O)[C@H]1O. The van der Waals surface area contributed by atoms with E-state index in [0.717, 1.165) is 0 Å². The Labute approximate surface area is 170 Å². The number of hydrogen-bond acceptors (Lipinski definition) is 8. The average Bonchev–Trinajstić information content (AvgIpc) is 3.28. The van der Waals surface area contributed by atoms with Gasteiger partial charge in [-0.05, 0) is 23.8 Å². The van der Waals surface area contributed by atoms with E-state index in [1.807, 2.05) is 0 Å². The van der Waals surface area contributed by atoms with Crippen molar-refractivity contribution in [1.82, 2.24) is 14.5 Å². The number of rotatable bonds is 6. The van der Waals surface area contributed by atoms with Gasteiger partial charge in [-0.2, -0.15) is 0 Å². The molecule has 1 aromatic carbocycles. The largest absolute Gasteiger partial charge is 0.387 e. The van der Waals surface area contributed by atoms with Crippen molar-refractivity contribution in [2.24, 2.45) is 0 Å². The van der Waals surface area contributed by atoms with Gasteiger partial charge in [-0.25, -0.2) is 9.97 Å². The molecule has 3 aromatic rings. The number of anilines is 1. The summed E-state index contributed by atoms with van der Waals surface area (Å²) in [7, 11) is 0. The first-order chi connectivity index (χ1) is 14.0. The Morgan fingerprint density at radius 3 is 2.69 bits per heavy atom. The summed E-state index contributed by atoms with van der Waals surface area (Å²) in [4.78, 5) is 19.0. The van der Waals surface area contributed by atoms with Gasteiger partial charge in [0, 0.05) is 11.2 Å². The molecule has 0 amide bonds. The standard InChI is InChI=1S/C19H19ClN4O5/c20-11-3-1-10(2-4-11)13(26)16-14(27)15(28)19(29-16)24-7-5-12-17(21-6-8-25)22-9-23-18(12)24/h1-5,7-9,13-16,19,26-28H,6H2,(H,21,22,23)/t13-,14+,15-,16-,19-/m1/s1. The Hall–Kier alpha value is -2.56. The number of ether oxygens (including phenoxy) is 1. The first-order valence-electron chi connectivity index (χ1n) is 8.95. The van der Waals surface area contributed by atoms with Gasteiger partial charge in [-0.15, -0.1) is 0 Å². The highest BCUT2D eigenvalue weighted by atomic mass is 35.5. The minimum absolute atomic E-state index is 0.0912. The number of hydrogen-bond donors (Lipinski definition) is 4. The van der Waals surface area contributed by atoms with Crippen molar-refractivity contribution in [2.45, 2.75) is 30.6 Å². The first-order valence-corrected chi connectivity index (χ1v) is 9.33. The van der Waals surface area contributed by atoms with E-state index in [0.29, 0.717) is 33.7 Å². The van der Waals surface area contributed by atoms with E-state index in [9.17, 15) is 20.1 Å². The molecule has 1 aliphatic heterocycles. The van der Waals surface area contributed by atoms with Gasteiger partial charge in [0.1, 0.15) is 48.5 Å². The number of halogens is 1. The molecular formula is C19H19ClN4O5.